The first-order valence-corrected chi connectivity index (χ1v) is 4.82. The fraction of sp³-hybridized carbons (Fsp3) is 0.273. The van der Waals surface area contributed by atoms with Gasteiger partial charge in [-0.05, 0) is 18.2 Å². The van der Waals surface area contributed by atoms with Crippen LogP contribution in [0.2, 0.25) is 0 Å². The molecule has 1 aromatic rings. The van der Waals surface area contributed by atoms with Gasteiger partial charge in [-0.3, -0.25) is 9.59 Å². The number of aliphatic carboxylic acids is 1. The predicted molar refractivity (Wildman–Crippen MR) is 55.1 cm³/mol. The topological polar surface area (TPSA) is 54.4 Å². The van der Waals surface area contributed by atoms with Crippen LogP contribution in [0.5, 0.6) is 0 Å². The normalized spacial score (nSPS) is 11.3. The van der Waals surface area contributed by atoms with E-state index in [9.17, 15) is 31.1 Å². The van der Waals surface area contributed by atoms with E-state index in [1.54, 1.807) is 0 Å². The van der Waals surface area contributed by atoms with Gasteiger partial charge in [0.15, 0.2) is 0 Å². The Morgan fingerprint density at radius 3 is 1.50 bits per heavy atom. The van der Waals surface area contributed by atoms with Crippen LogP contribution in [0.15, 0.2) is 18.2 Å². The Morgan fingerprint density at radius 1 is 1.00 bits per heavy atom. The molecule has 112 valence electrons. The Kier molecular flexibility index (Phi) is 5.74. The second-order valence-electron chi connectivity index (χ2n) is 3.48. The van der Waals surface area contributed by atoms with Gasteiger partial charge in [-0.1, -0.05) is 0 Å². The average molecular weight is 302 g/mol. The summed E-state index contributed by atoms with van der Waals surface area (Å²) >= 11 is 0. The van der Waals surface area contributed by atoms with Gasteiger partial charge < -0.3 is 5.11 Å². The average Bonchev–Trinajstić information content (AvgIpc) is 2.25. The van der Waals surface area contributed by atoms with Crippen molar-refractivity contribution in [2.24, 2.45) is 0 Å². The van der Waals surface area contributed by atoms with E-state index < -0.39 is 35.0 Å². The summed E-state index contributed by atoms with van der Waals surface area (Å²) in [4.78, 5) is 19.2. The minimum absolute atomic E-state index is 0.0347. The number of carbonyl (C=O) groups is 2. The molecular weight excluding hydrogens is 294 g/mol. The van der Waals surface area contributed by atoms with E-state index in [0.717, 1.165) is 6.92 Å². The molecule has 0 aromatic heterocycles. The molecule has 0 saturated carbocycles. The lowest BCUT2D eigenvalue weighted by atomic mass is 10.1. The number of hydrogen-bond donors (Lipinski definition) is 1. The van der Waals surface area contributed by atoms with Crippen LogP contribution in [-0.4, -0.2) is 17.4 Å². The summed E-state index contributed by atoms with van der Waals surface area (Å²) in [6.07, 6.45) is -9.90. The smallest absolute Gasteiger partial charge is 0.416 e. The van der Waals surface area contributed by atoms with Crippen LogP contribution in [0.25, 0.3) is 0 Å². The lowest BCUT2D eigenvalue weighted by molar-refractivity contribution is -0.143. The summed E-state index contributed by atoms with van der Waals surface area (Å²) in [5, 5.41) is 7.42. The Balaban J connectivity index is 0.000000796. The van der Waals surface area contributed by atoms with Crippen molar-refractivity contribution in [3.05, 3.63) is 34.9 Å². The van der Waals surface area contributed by atoms with Gasteiger partial charge in [-0.25, -0.2) is 0 Å². The summed E-state index contributed by atoms with van der Waals surface area (Å²) < 4.78 is 73.1. The predicted octanol–water partition coefficient (Wildman–Crippen LogP) is 3.63. The van der Waals surface area contributed by atoms with Crippen LogP contribution in [-0.2, 0) is 17.1 Å². The van der Waals surface area contributed by atoms with E-state index >= 15 is 0 Å². The van der Waals surface area contributed by atoms with Crippen molar-refractivity contribution < 1.29 is 41.0 Å². The number of benzene rings is 1. The third-order valence-corrected chi connectivity index (χ3v) is 1.75. The van der Waals surface area contributed by atoms with Crippen LogP contribution in [0.3, 0.4) is 0 Å². The number of carbonyl (C=O) groups excluding carboxylic acids is 1. The Morgan fingerprint density at radius 2 is 1.30 bits per heavy atom. The van der Waals surface area contributed by atoms with Crippen molar-refractivity contribution in [3.8, 4) is 0 Å². The quantitative estimate of drug-likeness (QED) is 0.636. The molecule has 0 unspecified atom stereocenters. The number of halogens is 6. The fourth-order valence-electron chi connectivity index (χ4n) is 1.05. The highest BCUT2D eigenvalue weighted by molar-refractivity contribution is 5.75. The molecule has 0 bridgehead atoms. The number of rotatable bonds is 1. The third kappa shape index (κ3) is 6.21. The largest absolute Gasteiger partial charge is 0.481 e. The van der Waals surface area contributed by atoms with Crippen molar-refractivity contribution in [2.75, 3.05) is 0 Å². The zero-order chi connectivity index (χ0) is 16.1. The maximum absolute atomic E-state index is 12.2. The summed E-state index contributed by atoms with van der Waals surface area (Å²) in [6, 6.07) is 0.692. The van der Waals surface area contributed by atoms with Crippen molar-refractivity contribution in [1.29, 1.82) is 0 Å². The van der Waals surface area contributed by atoms with Gasteiger partial charge in [0.1, 0.15) is 6.29 Å². The minimum Gasteiger partial charge on any atom is -0.481 e. The zero-order valence-corrected chi connectivity index (χ0v) is 9.84. The first-order valence-electron chi connectivity index (χ1n) is 4.82. The first kappa shape index (κ1) is 17.9. The maximum atomic E-state index is 12.2. The molecule has 0 atom stereocenters. The minimum atomic E-state index is -4.92. The molecule has 0 amide bonds. The van der Waals surface area contributed by atoms with E-state index in [-0.39, 0.29) is 12.4 Å². The van der Waals surface area contributed by atoms with E-state index in [1.807, 2.05) is 0 Å². The highest BCUT2D eigenvalue weighted by atomic mass is 19.4. The third-order valence-electron chi connectivity index (χ3n) is 1.75. The van der Waals surface area contributed by atoms with Crippen molar-refractivity contribution >= 4 is 12.3 Å². The molecule has 0 saturated heterocycles. The molecule has 0 aliphatic carbocycles. The number of carboxylic acid groups (broad SMARTS) is 1. The van der Waals surface area contributed by atoms with Crippen molar-refractivity contribution in [3.63, 3.8) is 0 Å². The van der Waals surface area contributed by atoms with E-state index in [4.69, 9.17) is 9.90 Å². The van der Waals surface area contributed by atoms with Crippen molar-refractivity contribution in [2.45, 2.75) is 19.3 Å². The summed E-state index contributed by atoms with van der Waals surface area (Å²) in [5.74, 6) is -0.833. The lowest BCUT2D eigenvalue weighted by Crippen LogP contribution is -2.11. The highest BCUT2D eigenvalue weighted by Crippen LogP contribution is 2.35. The molecule has 0 radical (unpaired) electrons. The molecule has 0 aliphatic rings. The molecule has 3 nitrogen and oxygen atoms in total. The molecule has 1 aromatic carbocycles. The zero-order valence-electron chi connectivity index (χ0n) is 9.84. The molecule has 0 heterocycles. The monoisotopic (exact) mass is 302 g/mol. The van der Waals surface area contributed by atoms with Gasteiger partial charge in [0.05, 0.1) is 11.1 Å². The van der Waals surface area contributed by atoms with Crippen LogP contribution in [0.4, 0.5) is 26.3 Å². The van der Waals surface area contributed by atoms with Gasteiger partial charge in [0.2, 0.25) is 0 Å². The van der Waals surface area contributed by atoms with Crippen LogP contribution in [0.1, 0.15) is 28.4 Å². The van der Waals surface area contributed by atoms with Crippen LogP contribution < -0.4 is 0 Å². The second kappa shape index (κ2) is 6.40. The molecular formula is C11H8F6O3. The lowest BCUT2D eigenvalue weighted by Gasteiger charge is -2.12. The standard InChI is InChI=1S/C9H4F6O.C2H4O2/c10-8(11,12)6-1-5(4-16)2-7(3-6)9(13,14)15;1-2(3)4/h1-4H;1H3,(H,3,4). The van der Waals surface area contributed by atoms with Gasteiger partial charge >= 0.3 is 12.4 Å². The number of alkyl halides is 6. The van der Waals surface area contributed by atoms with Crippen LogP contribution >= 0.6 is 0 Å². The Labute approximate surface area is 108 Å². The molecule has 0 spiro atoms. The van der Waals surface area contributed by atoms with Gasteiger partial charge in [0.25, 0.3) is 5.97 Å². The Bertz CT molecular complexity index is 454. The first-order chi connectivity index (χ1) is 8.87. The molecule has 1 N–H and O–H groups in total. The van der Waals surface area contributed by atoms with Crippen molar-refractivity contribution in [1.82, 2.24) is 0 Å². The molecule has 0 aliphatic heterocycles. The SMILES string of the molecule is CC(=O)O.O=Cc1cc(C(F)(F)F)cc(C(F)(F)F)c1. The fourth-order valence-corrected chi connectivity index (χ4v) is 1.05. The Hall–Kier alpha value is -2.06. The van der Waals surface area contributed by atoms with E-state index in [2.05, 4.69) is 0 Å². The van der Waals surface area contributed by atoms with Gasteiger partial charge in [-0.15, -0.1) is 0 Å². The van der Waals surface area contributed by atoms with Gasteiger partial charge in [0, 0.05) is 12.5 Å². The van der Waals surface area contributed by atoms with E-state index in [0.29, 0.717) is 12.1 Å². The second-order valence-corrected chi connectivity index (χ2v) is 3.48. The molecule has 1 rings (SSSR count). The highest BCUT2D eigenvalue weighted by Gasteiger charge is 2.36. The number of hydrogen-bond acceptors (Lipinski definition) is 2. The number of aldehydes is 1. The number of carboxylic acids is 1. The van der Waals surface area contributed by atoms with Crippen LogP contribution in [0, 0.1) is 0 Å². The summed E-state index contributed by atoms with van der Waals surface area (Å²) in [5.41, 5.74) is -3.66. The maximum Gasteiger partial charge on any atom is 0.416 e. The molecule has 20 heavy (non-hydrogen) atoms. The molecule has 9 heteroatoms. The summed E-state index contributed by atoms with van der Waals surface area (Å²) in [7, 11) is 0. The van der Waals surface area contributed by atoms with Gasteiger partial charge in [-0.2, -0.15) is 26.3 Å². The van der Waals surface area contributed by atoms with E-state index in [1.165, 1.54) is 0 Å². The molecule has 0 fully saturated rings. The summed E-state index contributed by atoms with van der Waals surface area (Å²) in [6.45, 7) is 1.08.